The van der Waals surface area contributed by atoms with Crippen LogP contribution < -0.4 is 4.74 Å². The van der Waals surface area contributed by atoms with Gasteiger partial charge in [0, 0.05) is 38.4 Å². The number of benzene rings is 2. The number of halogens is 1. The number of rotatable bonds is 4. The predicted molar refractivity (Wildman–Crippen MR) is 107 cm³/mol. The number of amides is 2. The summed E-state index contributed by atoms with van der Waals surface area (Å²) in [6.45, 7) is 3.50. The quantitative estimate of drug-likeness (QED) is 0.798. The van der Waals surface area contributed by atoms with E-state index >= 15 is 0 Å². The molecule has 3 atom stereocenters. The number of carbonyl (C=O) groups is 2. The molecule has 2 aliphatic rings. The van der Waals surface area contributed by atoms with Crippen LogP contribution in [0.4, 0.5) is 4.39 Å². The maximum Gasteiger partial charge on any atom is 0.227 e. The second kappa shape index (κ2) is 7.85. The van der Waals surface area contributed by atoms with Gasteiger partial charge in [-0.2, -0.15) is 0 Å². The Morgan fingerprint density at radius 1 is 1.10 bits per heavy atom. The molecular formula is C23H25FN2O3. The van der Waals surface area contributed by atoms with Crippen LogP contribution in [-0.2, 0) is 16.0 Å². The molecule has 2 aliphatic heterocycles. The molecule has 6 heteroatoms. The fourth-order valence-corrected chi connectivity index (χ4v) is 4.73. The van der Waals surface area contributed by atoms with Crippen molar-refractivity contribution in [1.82, 2.24) is 9.80 Å². The van der Waals surface area contributed by atoms with Crippen LogP contribution in [-0.4, -0.2) is 48.4 Å². The molecule has 2 amide bonds. The number of hydrogen-bond acceptors (Lipinski definition) is 3. The lowest BCUT2D eigenvalue weighted by Gasteiger charge is -2.29. The first-order chi connectivity index (χ1) is 14.0. The minimum Gasteiger partial charge on any atom is -0.497 e. The largest absolute Gasteiger partial charge is 0.497 e. The predicted octanol–water partition coefficient (Wildman–Crippen LogP) is 3.05. The van der Waals surface area contributed by atoms with Crippen molar-refractivity contribution in [3.8, 4) is 5.75 Å². The zero-order valence-electron chi connectivity index (χ0n) is 16.7. The number of fused-ring (bicyclic) bond motifs is 1. The molecule has 5 nitrogen and oxygen atoms in total. The van der Waals surface area contributed by atoms with Gasteiger partial charge in [-0.15, -0.1) is 0 Å². The van der Waals surface area contributed by atoms with Crippen LogP contribution >= 0.6 is 0 Å². The van der Waals surface area contributed by atoms with Gasteiger partial charge in [-0.25, -0.2) is 4.39 Å². The summed E-state index contributed by atoms with van der Waals surface area (Å²) in [5.41, 5.74) is 1.75. The van der Waals surface area contributed by atoms with E-state index in [-0.39, 0.29) is 41.9 Å². The molecule has 0 N–H and O–H groups in total. The maximum atomic E-state index is 13.4. The smallest absolute Gasteiger partial charge is 0.227 e. The number of nitrogens with zero attached hydrogens (tertiary/aromatic N) is 2. The van der Waals surface area contributed by atoms with Gasteiger partial charge in [-0.05, 0) is 35.4 Å². The third-order valence-electron chi connectivity index (χ3n) is 6.12. The Morgan fingerprint density at radius 2 is 1.86 bits per heavy atom. The van der Waals surface area contributed by atoms with Gasteiger partial charge in [-0.1, -0.05) is 24.3 Å². The van der Waals surface area contributed by atoms with E-state index in [9.17, 15) is 14.0 Å². The molecule has 0 unspecified atom stereocenters. The normalized spacial score (nSPS) is 23.2. The Kier molecular flexibility index (Phi) is 5.26. The second-order valence-electron chi connectivity index (χ2n) is 7.92. The van der Waals surface area contributed by atoms with Crippen LogP contribution in [0.15, 0.2) is 48.5 Å². The summed E-state index contributed by atoms with van der Waals surface area (Å²) >= 11 is 0. The van der Waals surface area contributed by atoms with Gasteiger partial charge in [0.2, 0.25) is 11.8 Å². The number of carbonyl (C=O) groups excluding carboxylic acids is 2. The molecule has 152 valence electrons. The second-order valence-corrected chi connectivity index (χ2v) is 7.92. The first kappa shape index (κ1) is 19.4. The summed E-state index contributed by atoms with van der Waals surface area (Å²) in [6, 6.07) is 14.0. The van der Waals surface area contributed by atoms with Gasteiger partial charge in [0.15, 0.2) is 0 Å². The Bertz CT molecular complexity index is 915. The molecule has 0 aromatic heterocycles. The van der Waals surface area contributed by atoms with Gasteiger partial charge >= 0.3 is 0 Å². The molecule has 2 heterocycles. The average Bonchev–Trinajstić information content (AvgIpc) is 3.26. The van der Waals surface area contributed by atoms with E-state index in [0.717, 1.165) is 11.3 Å². The van der Waals surface area contributed by atoms with Crippen LogP contribution in [0.1, 0.15) is 24.1 Å². The van der Waals surface area contributed by atoms with Crippen molar-refractivity contribution < 1.29 is 18.7 Å². The van der Waals surface area contributed by atoms with Crippen LogP contribution in [0.5, 0.6) is 5.75 Å². The Labute approximate surface area is 170 Å². The first-order valence-electron chi connectivity index (χ1n) is 9.89. The summed E-state index contributed by atoms with van der Waals surface area (Å²) in [7, 11) is 1.63. The van der Waals surface area contributed by atoms with Crippen LogP contribution in [0.25, 0.3) is 0 Å². The van der Waals surface area contributed by atoms with Crippen molar-refractivity contribution in [2.24, 2.45) is 11.8 Å². The van der Waals surface area contributed by atoms with Crippen molar-refractivity contribution in [2.45, 2.75) is 19.4 Å². The van der Waals surface area contributed by atoms with E-state index in [2.05, 4.69) is 0 Å². The molecule has 2 aromatic rings. The fourth-order valence-electron chi connectivity index (χ4n) is 4.73. The van der Waals surface area contributed by atoms with Gasteiger partial charge in [0.25, 0.3) is 0 Å². The molecule has 0 bridgehead atoms. The van der Waals surface area contributed by atoms with Crippen LogP contribution in [0.2, 0.25) is 0 Å². The van der Waals surface area contributed by atoms with Gasteiger partial charge in [-0.3, -0.25) is 9.59 Å². The van der Waals surface area contributed by atoms with Crippen molar-refractivity contribution in [3.05, 3.63) is 65.5 Å². The fraction of sp³-hybridized carbons (Fsp3) is 0.391. The third kappa shape index (κ3) is 3.84. The molecule has 0 saturated carbocycles. The zero-order chi connectivity index (χ0) is 20.5. The number of ether oxygens (including phenoxy) is 1. The van der Waals surface area contributed by atoms with E-state index in [1.165, 1.54) is 12.1 Å². The molecule has 29 heavy (non-hydrogen) atoms. The lowest BCUT2D eigenvalue weighted by molar-refractivity contribution is -0.131. The van der Waals surface area contributed by atoms with Gasteiger partial charge in [0.1, 0.15) is 11.6 Å². The summed E-state index contributed by atoms with van der Waals surface area (Å²) in [6.07, 6.45) is 0.195. The van der Waals surface area contributed by atoms with Crippen LogP contribution in [0, 0.1) is 17.7 Å². The Hall–Kier alpha value is -2.89. The van der Waals surface area contributed by atoms with E-state index in [0.29, 0.717) is 25.2 Å². The number of methoxy groups -OCH3 is 1. The Morgan fingerprint density at radius 3 is 2.52 bits per heavy atom. The summed E-state index contributed by atoms with van der Waals surface area (Å²) in [5, 5.41) is 0. The molecule has 0 aliphatic carbocycles. The van der Waals surface area contributed by atoms with E-state index in [1.807, 2.05) is 34.1 Å². The highest BCUT2D eigenvalue weighted by atomic mass is 19.1. The molecular weight excluding hydrogens is 371 g/mol. The molecule has 2 aromatic carbocycles. The van der Waals surface area contributed by atoms with Gasteiger partial charge in [0.05, 0.1) is 19.6 Å². The number of likely N-dealkylation sites (tertiary alicyclic amines) is 2. The van der Waals surface area contributed by atoms with Crippen molar-refractivity contribution in [2.75, 3.05) is 26.7 Å². The molecule has 0 radical (unpaired) electrons. The molecule has 2 saturated heterocycles. The van der Waals surface area contributed by atoms with Crippen molar-refractivity contribution in [3.63, 3.8) is 0 Å². The minimum absolute atomic E-state index is 0.00727. The highest BCUT2D eigenvalue weighted by Crippen LogP contribution is 2.45. The lowest BCUT2D eigenvalue weighted by atomic mass is 9.89. The maximum absolute atomic E-state index is 13.4. The average molecular weight is 396 g/mol. The first-order valence-corrected chi connectivity index (χ1v) is 9.89. The SMILES string of the molecule is COc1ccc([C@H]2[C@@H]3CN(C(=O)Cc4cccc(F)c4)C[C@@H]3CN2C(C)=O)cc1. The highest BCUT2D eigenvalue weighted by molar-refractivity contribution is 5.79. The molecule has 0 spiro atoms. The van der Waals surface area contributed by atoms with Crippen molar-refractivity contribution in [1.29, 1.82) is 0 Å². The van der Waals surface area contributed by atoms with E-state index in [1.54, 1.807) is 26.2 Å². The zero-order valence-corrected chi connectivity index (χ0v) is 16.7. The minimum atomic E-state index is -0.328. The van der Waals surface area contributed by atoms with Crippen LogP contribution in [0.3, 0.4) is 0 Å². The van der Waals surface area contributed by atoms with Gasteiger partial charge < -0.3 is 14.5 Å². The summed E-state index contributed by atoms with van der Waals surface area (Å²) in [4.78, 5) is 28.9. The molecule has 2 fully saturated rings. The lowest BCUT2D eigenvalue weighted by Crippen LogP contribution is -2.37. The van der Waals surface area contributed by atoms with Crippen molar-refractivity contribution >= 4 is 11.8 Å². The molecule has 4 rings (SSSR count). The summed E-state index contributed by atoms with van der Waals surface area (Å²) in [5.74, 6) is 0.957. The monoisotopic (exact) mass is 396 g/mol. The third-order valence-corrected chi connectivity index (χ3v) is 6.12. The van der Waals surface area contributed by atoms with E-state index < -0.39 is 0 Å². The topological polar surface area (TPSA) is 49.9 Å². The summed E-state index contributed by atoms with van der Waals surface area (Å²) < 4.78 is 18.7. The van der Waals surface area contributed by atoms with E-state index in [4.69, 9.17) is 4.74 Å². The highest BCUT2D eigenvalue weighted by Gasteiger charge is 2.49. The standard InChI is InChI=1S/C23H25FN2O3/c1-15(27)26-13-18-12-25(22(28)11-16-4-3-5-19(24)10-16)14-21(18)23(26)17-6-8-20(29-2)9-7-17/h3-10,18,21,23H,11-14H2,1-2H3/t18-,21-,23+/m1/s1. The Balaban J connectivity index is 1.51. The number of hydrogen-bond donors (Lipinski definition) is 0.